The van der Waals surface area contributed by atoms with Crippen LogP contribution in [0.25, 0.3) is 17.0 Å². The first-order chi connectivity index (χ1) is 16.8. The summed E-state index contributed by atoms with van der Waals surface area (Å²) in [7, 11) is 1.49. The van der Waals surface area contributed by atoms with Gasteiger partial charge in [0.15, 0.2) is 11.5 Å². The van der Waals surface area contributed by atoms with Gasteiger partial charge in [0.2, 0.25) is 5.82 Å². The van der Waals surface area contributed by atoms with Crippen molar-refractivity contribution in [1.29, 1.82) is 0 Å². The van der Waals surface area contributed by atoms with Gasteiger partial charge in [-0.05, 0) is 67.5 Å². The highest BCUT2D eigenvalue weighted by molar-refractivity contribution is 7.98. The maximum atomic E-state index is 13.1. The summed E-state index contributed by atoms with van der Waals surface area (Å²) >= 11 is 1.66. The minimum Gasteiger partial charge on any atom is -0.504 e. The third-order valence-electron chi connectivity index (χ3n) is 6.07. The molecule has 1 aromatic heterocycles. The van der Waals surface area contributed by atoms with Crippen molar-refractivity contribution in [3.8, 4) is 22.9 Å². The molecule has 0 saturated heterocycles. The summed E-state index contributed by atoms with van der Waals surface area (Å²) in [4.78, 5) is 20.6. The van der Waals surface area contributed by atoms with Crippen molar-refractivity contribution in [1.82, 2.24) is 20.4 Å². The Morgan fingerprint density at radius 3 is 2.60 bits per heavy atom. The first-order valence-corrected chi connectivity index (χ1v) is 12.7. The van der Waals surface area contributed by atoms with E-state index in [-0.39, 0.29) is 11.8 Å². The van der Waals surface area contributed by atoms with Crippen LogP contribution in [0.1, 0.15) is 44.7 Å². The highest BCUT2D eigenvalue weighted by Gasteiger charge is 2.36. The molecule has 3 aromatic rings. The monoisotopic (exact) mass is 494 g/mol. The summed E-state index contributed by atoms with van der Waals surface area (Å²) in [6, 6.07) is 12.2. The Kier molecular flexibility index (Phi) is 7.35. The van der Waals surface area contributed by atoms with Gasteiger partial charge in [-0.15, -0.1) is 11.8 Å². The van der Waals surface area contributed by atoms with Gasteiger partial charge in [-0.1, -0.05) is 25.1 Å². The second-order valence-electron chi connectivity index (χ2n) is 8.80. The molecule has 2 amide bonds. The van der Waals surface area contributed by atoms with Crippen molar-refractivity contribution in [3.63, 3.8) is 0 Å². The van der Waals surface area contributed by atoms with Gasteiger partial charge in [0.1, 0.15) is 0 Å². The number of nitrogens with one attached hydrogen (secondary N) is 1. The van der Waals surface area contributed by atoms with Crippen LogP contribution in [0.5, 0.6) is 11.5 Å². The molecule has 0 aliphatic carbocycles. The van der Waals surface area contributed by atoms with E-state index in [1.54, 1.807) is 34.9 Å². The minimum absolute atomic E-state index is 0.0152. The van der Waals surface area contributed by atoms with Crippen LogP contribution in [0.4, 0.5) is 4.79 Å². The minimum atomic E-state index is -0.582. The normalized spacial score (nSPS) is 16.1. The largest absolute Gasteiger partial charge is 0.504 e. The number of nitrogens with zero attached hydrogens (tertiary/aromatic N) is 3. The summed E-state index contributed by atoms with van der Waals surface area (Å²) < 4.78 is 10.9. The Morgan fingerprint density at radius 2 is 1.97 bits per heavy atom. The van der Waals surface area contributed by atoms with E-state index in [1.165, 1.54) is 7.11 Å². The molecule has 0 fully saturated rings. The van der Waals surface area contributed by atoms with E-state index in [0.29, 0.717) is 41.1 Å². The second-order valence-corrected chi connectivity index (χ2v) is 9.68. The maximum absolute atomic E-state index is 13.1. The van der Waals surface area contributed by atoms with Crippen molar-refractivity contribution in [2.75, 3.05) is 19.9 Å². The molecule has 1 atom stereocenters. The zero-order valence-electron chi connectivity index (χ0n) is 20.5. The van der Waals surface area contributed by atoms with E-state index >= 15 is 0 Å². The first kappa shape index (κ1) is 24.7. The molecule has 0 bridgehead atoms. The summed E-state index contributed by atoms with van der Waals surface area (Å²) in [6.07, 6.45) is 2.87. The number of ether oxygens (including phenoxy) is 1. The summed E-state index contributed by atoms with van der Waals surface area (Å²) in [5.74, 6) is 1.56. The highest BCUT2D eigenvalue weighted by atomic mass is 32.2. The first-order valence-electron chi connectivity index (χ1n) is 11.5. The lowest BCUT2D eigenvalue weighted by atomic mass is 9.94. The lowest BCUT2D eigenvalue weighted by Crippen LogP contribution is -2.46. The number of phenols is 1. The molecular formula is C26H30N4O4S. The standard InChI is InChI=1S/C26H30N4O4S/c1-15(2)12-13-30-16(3)22(23(27-26(30)32)18-8-11-21(33-4)20(31)14-18)25-28-24(29-34-25)17-6-9-19(35-5)10-7-17/h6-11,14-15,23,31H,12-13H2,1-5H3,(H,27,32). The second kappa shape index (κ2) is 10.4. The fourth-order valence-corrected chi connectivity index (χ4v) is 4.45. The predicted octanol–water partition coefficient (Wildman–Crippen LogP) is 5.72. The van der Waals surface area contributed by atoms with E-state index in [1.807, 2.05) is 37.4 Å². The molecule has 184 valence electrons. The van der Waals surface area contributed by atoms with E-state index in [9.17, 15) is 9.90 Å². The molecule has 2 aromatic carbocycles. The summed E-state index contributed by atoms with van der Waals surface area (Å²) in [5, 5.41) is 17.7. The fourth-order valence-electron chi connectivity index (χ4n) is 4.04. The molecule has 4 rings (SSSR count). The van der Waals surface area contributed by atoms with E-state index in [4.69, 9.17) is 9.26 Å². The van der Waals surface area contributed by atoms with E-state index < -0.39 is 6.04 Å². The Morgan fingerprint density at radius 1 is 1.23 bits per heavy atom. The number of methoxy groups -OCH3 is 1. The SMILES string of the molecule is COc1ccc(C2NC(=O)N(CCC(C)C)C(C)=C2c2nc(-c3ccc(SC)cc3)no2)cc1O. The van der Waals surface area contributed by atoms with Crippen LogP contribution in [0.2, 0.25) is 0 Å². The number of amides is 2. The molecule has 2 heterocycles. The van der Waals surface area contributed by atoms with Crippen LogP contribution in [0, 0.1) is 5.92 Å². The number of carbonyl (C=O) groups excluding carboxylic acids is 1. The quantitative estimate of drug-likeness (QED) is 0.387. The zero-order valence-corrected chi connectivity index (χ0v) is 21.3. The van der Waals surface area contributed by atoms with Crippen LogP contribution >= 0.6 is 11.8 Å². The lowest BCUT2D eigenvalue weighted by Gasteiger charge is -2.35. The van der Waals surface area contributed by atoms with Crippen LogP contribution in [-0.2, 0) is 0 Å². The van der Waals surface area contributed by atoms with Crippen molar-refractivity contribution >= 4 is 23.4 Å². The number of benzene rings is 2. The van der Waals surface area contributed by atoms with Crippen LogP contribution in [0.15, 0.2) is 57.6 Å². The molecule has 1 aliphatic rings. The molecule has 35 heavy (non-hydrogen) atoms. The van der Waals surface area contributed by atoms with E-state index in [0.717, 1.165) is 22.6 Å². The Bertz CT molecular complexity index is 1240. The number of aromatic hydroxyl groups is 1. The lowest BCUT2D eigenvalue weighted by molar-refractivity contribution is 0.202. The highest BCUT2D eigenvalue weighted by Crippen LogP contribution is 2.40. The van der Waals surface area contributed by atoms with Gasteiger partial charge in [0, 0.05) is 22.7 Å². The van der Waals surface area contributed by atoms with Crippen molar-refractivity contribution in [2.45, 2.75) is 38.1 Å². The van der Waals surface area contributed by atoms with Gasteiger partial charge in [0.25, 0.3) is 5.89 Å². The fraction of sp³-hybridized carbons (Fsp3) is 0.346. The Hall–Kier alpha value is -3.46. The topological polar surface area (TPSA) is 101 Å². The number of thioether (sulfide) groups is 1. The number of urea groups is 1. The molecule has 0 saturated carbocycles. The van der Waals surface area contributed by atoms with Gasteiger partial charge < -0.3 is 19.7 Å². The van der Waals surface area contributed by atoms with Crippen molar-refractivity contribution in [2.24, 2.45) is 5.92 Å². The van der Waals surface area contributed by atoms with Crippen LogP contribution in [0.3, 0.4) is 0 Å². The molecule has 0 spiro atoms. The Balaban J connectivity index is 1.78. The van der Waals surface area contributed by atoms with Gasteiger partial charge in [-0.3, -0.25) is 4.90 Å². The summed E-state index contributed by atoms with van der Waals surface area (Å²) in [6.45, 7) is 6.70. The Labute approximate surface area is 209 Å². The number of phenolic OH excluding ortho intramolecular Hbond substituents is 1. The maximum Gasteiger partial charge on any atom is 0.322 e. The van der Waals surface area contributed by atoms with Gasteiger partial charge in [-0.25, -0.2) is 4.79 Å². The van der Waals surface area contributed by atoms with Crippen molar-refractivity contribution < 1.29 is 19.2 Å². The number of carbonyl (C=O) groups is 1. The van der Waals surface area contributed by atoms with E-state index in [2.05, 4.69) is 29.3 Å². The third kappa shape index (κ3) is 5.14. The number of aromatic nitrogens is 2. The smallest absolute Gasteiger partial charge is 0.322 e. The molecule has 9 heteroatoms. The number of rotatable bonds is 8. The van der Waals surface area contributed by atoms with Gasteiger partial charge in [-0.2, -0.15) is 4.98 Å². The average molecular weight is 495 g/mol. The van der Waals surface area contributed by atoms with Crippen LogP contribution < -0.4 is 10.1 Å². The number of hydrogen-bond donors (Lipinski definition) is 2. The van der Waals surface area contributed by atoms with Gasteiger partial charge >= 0.3 is 6.03 Å². The molecule has 8 nitrogen and oxygen atoms in total. The molecular weight excluding hydrogens is 464 g/mol. The molecule has 2 N–H and O–H groups in total. The molecule has 1 aliphatic heterocycles. The molecule has 1 unspecified atom stereocenters. The predicted molar refractivity (Wildman–Crippen MR) is 136 cm³/mol. The zero-order chi connectivity index (χ0) is 25.1. The average Bonchev–Trinajstić information content (AvgIpc) is 3.33. The molecule has 0 radical (unpaired) electrons. The summed E-state index contributed by atoms with van der Waals surface area (Å²) in [5.41, 5.74) is 2.95. The number of allylic oxidation sites excluding steroid dienone is 1. The number of hydrogen-bond acceptors (Lipinski definition) is 7. The third-order valence-corrected chi connectivity index (χ3v) is 6.81. The van der Waals surface area contributed by atoms with Crippen LogP contribution in [-0.4, -0.2) is 46.1 Å². The van der Waals surface area contributed by atoms with Crippen molar-refractivity contribution in [3.05, 3.63) is 59.6 Å². The van der Waals surface area contributed by atoms with Gasteiger partial charge in [0.05, 0.1) is 18.7 Å².